The third kappa shape index (κ3) is 2.87. The normalized spacial score (nSPS) is 10.2. The van der Waals surface area contributed by atoms with Crippen molar-refractivity contribution in [2.45, 2.75) is 19.8 Å². The van der Waals surface area contributed by atoms with Crippen LogP contribution in [0, 0.1) is 0 Å². The van der Waals surface area contributed by atoms with Crippen LogP contribution in [0.5, 0.6) is 11.5 Å². The number of methoxy groups -OCH3 is 2. The molecule has 0 unspecified atom stereocenters. The van der Waals surface area contributed by atoms with Gasteiger partial charge in [0, 0.05) is 0 Å². The molecular formula is C12H19NO3. The van der Waals surface area contributed by atoms with Crippen molar-refractivity contribution in [2.24, 2.45) is 5.90 Å². The van der Waals surface area contributed by atoms with Crippen LogP contribution in [0.2, 0.25) is 0 Å². The van der Waals surface area contributed by atoms with Crippen molar-refractivity contribution in [3.8, 4) is 11.5 Å². The summed E-state index contributed by atoms with van der Waals surface area (Å²) in [5, 5.41) is 0. The minimum absolute atomic E-state index is 0.502. The Morgan fingerprint density at radius 1 is 1.06 bits per heavy atom. The molecule has 0 aliphatic carbocycles. The number of hydrogen-bond donors (Lipinski definition) is 1. The number of aryl methyl sites for hydroxylation is 1. The predicted molar refractivity (Wildman–Crippen MR) is 62.8 cm³/mol. The minimum Gasteiger partial charge on any atom is -0.493 e. The standard InChI is InChI=1S/C12H19NO3/c1-4-9-7-11(14-2)12(15-3)8-10(9)5-6-16-13/h7-8H,4-6,13H2,1-3H3. The summed E-state index contributed by atoms with van der Waals surface area (Å²) < 4.78 is 10.5. The minimum atomic E-state index is 0.502. The van der Waals surface area contributed by atoms with Crippen LogP contribution in [0.15, 0.2) is 12.1 Å². The smallest absolute Gasteiger partial charge is 0.161 e. The maximum atomic E-state index is 5.26. The van der Waals surface area contributed by atoms with Crippen molar-refractivity contribution >= 4 is 0 Å². The van der Waals surface area contributed by atoms with Gasteiger partial charge in [-0.3, -0.25) is 0 Å². The SMILES string of the molecule is CCc1cc(OC)c(OC)cc1CCON. The first-order chi connectivity index (χ1) is 7.76. The first-order valence-electron chi connectivity index (χ1n) is 5.32. The van der Waals surface area contributed by atoms with Gasteiger partial charge in [-0.15, -0.1) is 0 Å². The molecule has 90 valence electrons. The van der Waals surface area contributed by atoms with Gasteiger partial charge in [0.05, 0.1) is 20.8 Å². The molecule has 0 aliphatic rings. The summed E-state index contributed by atoms with van der Waals surface area (Å²) in [6.07, 6.45) is 1.72. The lowest BCUT2D eigenvalue weighted by Gasteiger charge is -2.13. The van der Waals surface area contributed by atoms with Gasteiger partial charge in [0.1, 0.15) is 0 Å². The van der Waals surface area contributed by atoms with Crippen molar-refractivity contribution in [2.75, 3.05) is 20.8 Å². The van der Waals surface area contributed by atoms with Gasteiger partial charge in [0.25, 0.3) is 0 Å². The summed E-state index contributed by atoms with van der Waals surface area (Å²) in [6, 6.07) is 3.99. The van der Waals surface area contributed by atoms with Crippen LogP contribution in [0.1, 0.15) is 18.1 Å². The van der Waals surface area contributed by atoms with Gasteiger partial charge in [-0.2, -0.15) is 0 Å². The van der Waals surface area contributed by atoms with Gasteiger partial charge in [-0.1, -0.05) is 6.92 Å². The van der Waals surface area contributed by atoms with Crippen LogP contribution in [0.4, 0.5) is 0 Å². The zero-order chi connectivity index (χ0) is 12.0. The number of rotatable bonds is 6. The fraction of sp³-hybridized carbons (Fsp3) is 0.500. The number of benzene rings is 1. The van der Waals surface area contributed by atoms with E-state index in [0.29, 0.717) is 6.61 Å². The maximum absolute atomic E-state index is 5.26. The number of nitrogens with two attached hydrogens (primary N) is 1. The Morgan fingerprint density at radius 3 is 2.06 bits per heavy atom. The first kappa shape index (κ1) is 12.8. The summed E-state index contributed by atoms with van der Waals surface area (Å²) >= 11 is 0. The van der Waals surface area contributed by atoms with E-state index in [1.165, 1.54) is 11.1 Å². The van der Waals surface area contributed by atoms with Crippen LogP contribution in [-0.2, 0) is 17.7 Å². The average Bonchev–Trinajstić information content (AvgIpc) is 2.35. The highest BCUT2D eigenvalue weighted by Crippen LogP contribution is 2.31. The Morgan fingerprint density at radius 2 is 1.62 bits per heavy atom. The zero-order valence-electron chi connectivity index (χ0n) is 10.1. The van der Waals surface area contributed by atoms with Crippen LogP contribution >= 0.6 is 0 Å². The molecule has 1 aromatic rings. The third-order valence-corrected chi connectivity index (χ3v) is 2.58. The van der Waals surface area contributed by atoms with E-state index in [1.807, 2.05) is 12.1 Å². The van der Waals surface area contributed by atoms with E-state index in [2.05, 4.69) is 11.8 Å². The Hall–Kier alpha value is -1.26. The van der Waals surface area contributed by atoms with Gasteiger partial charge in [0.15, 0.2) is 11.5 Å². The Kier molecular flexibility index (Phi) is 5.08. The summed E-state index contributed by atoms with van der Waals surface area (Å²) in [5.74, 6) is 6.54. The Balaban J connectivity index is 3.05. The number of ether oxygens (including phenoxy) is 2. The van der Waals surface area contributed by atoms with E-state index in [4.69, 9.17) is 15.4 Å². The van der Waals surface area contributed by atoms with Gasteiger partial charge in [-0.25, -0.2) is 5.90 Å². The number of hydrogen-bond acceptors (Lipinski definition) is 4. The fourth-order valence-electron chi connectivity index (χ4n) is 1.69. The van der Waals surface area contributed by atoms with E-state index in [9.17, 15) is 0 Å². The second-order valence-electron chi connectivity index (χ2n) is 3.45. The van der Waals surface area contributed by atoms with Gasteiger partial charge < -0.3 is 14.3 Å². The van der Waals surface area contributed by atoms with E-state index in [-0.39, 0.29) is 0 Å². The third-order valence-electron chi connectivity index (χ3n) is 2.58. The highest BCUT2D eigenvalue weighted by Gasteiger charge is 2.09. The molecule has 0 heterocycles. The molecule has 0 radical (unpaired) electrons. The van der Waals surface area contributed by atoms with Crippen molar-refractivity contribution < 1.29 is 14.3 Å². The van der Waals surface area contributed by atoms with Gasteiger partial charge >= 0.3 is 0 Å². The molecule has 4 nitrogen and oxygen atoms in total. The van der Waals surface area contributed by atoms with E-state index in [1.54, 1.807) is 14.2 Å². The molecule has 0 saturated heterocycles. The molecule has 1 rings (SSSR count). The topological polar surface area (TPSA) is 53.7 Å². The van der Waals surface area contributed by atoms with Crippen LogP contribution < -0.4 is 15.4 Å². The molecule has 0 atom stereocenters. The highest BCUT2D eigenvalue weighted by atomic mass is 16.6. The molecular weight excluding hydrogens is 206 g/mol. The van der Waals surface area contributed by atoms with E-state index in [0.717, 1.165) is 24.3 Å². The van der Waals surface area contributed by atoms with E-state index < -0.39 is 0 Å². The molecule has 0 fully saturated rings. The van der Waals surface area contributed by atoms with Crippen LogP contribution in [-0.4, -0.2) is 20.8 Å². The molecule has 4 heteroatoms. The molecule has 0 aliphatic heterocycles. The zero-order valence-corrected chi connectivity index (χ0v) is 10.1. The summed E-state index contributed by atoms with van der Waals surface area (Å²) in [7, 11) is 3.27. The van der Waals surface area contributed by atoms with Crippen molar-refractivity contribution in [3.63, 3.8) is 0 Å². The van der Waals surface area contributed by atoms with Crippen molar-refractivity contribution in [1.82, 2.24) is 0 Å². The highest BCUT2D eigenvalue weighted by molar-refractivity contribution is 5.47. The maximum Gasteiger partial charge on any atom is 0.161 e. The predicted octanol–water partition coefficient (Wildman–Crippen LogP) is 1.70. The molecule has 2 N–H and O–H groups in total. The molecule has 16 heavy (non-hydrogen) atoms. The van der Waals surface area contributed by atoms with Gasteiger partial charge in [-0.05, 0) is 36.1 Å². The fourth-order valence-corrected chi connectivity index (χ4v) is 1.69. The molecule has 0 aromatic heterocycles. The summed E-state index contributed by atoms with van der Waals surface area (Å²) in [4.78, 5) is 4.60. The lowest BCUT2D eigenvalue weighted by atomic mass is 10.0. The summed E-state index contributed by atoms with van der Waals surface area (Å²) in [6.45, 7) is 2.61. The second kappa shape index (κ2) is 6.35. The largest absolute Gasteiger partial charge is 0.493 e. The lowest BCUT2D eigenvalue weighted by Crippen LogP contribution is -2.06. The van der Waals surface area contributed by atoms with Crippen molar-refractivity contribution in [1.29, 1.82) is 0 Å². The molecule has 0 bridgehead atoms. The molecule has 0 saturated carbocycles. The molecule has 0 spiro atoms. The first-order valence-corrected chi connectivity index (χ1v) is 5.32. The average molecular weight is 225 g/mol. The lowest BCUT2D eigenvalue weighted by molar-refractivity contribution is 0.141. The van der Waals surface area contributed by atoms with Crippen LogP contribution in [0.25, 0.3) is 0 Å². The van der Waals surface area contributed by atoms with Gasteiger partial charge in [0.2, 0.25) is 0 Å². The second-order valence-corrected chi connectivity index (χ2v) is 3.45. The monoisotopic (exact) mass is 225 g/mol. The quantitative estimate of drug-likeness (QED) is 0.749. The molecule has 1 aromatic carbocycles. The van der Waals surface area contributed by atoms with E-state index >= 15 is 0 Å². The van der Waals surface area contributed by atoms with Crippen molar-refractivity contribution in [3.05, 3.63) is 23.3 Å². The summed E-state index contributed by atoms with van der Waals surface area (Å²) in [5.41, 5.74) is 2.42. The molecule has 0 amide bonds. The Bertz CT molecular complexity index is 339. The Labute approximate surface area is 96.3 Å². The van der Waals surface area contributed by atoms with Crippen LogP contribution in [0.3, 0.4) is 0 Å².